The highest BCUT2D eigenvalue weighted by Gasteiger charge is 2.16. The number of benzene rings is 2. The Bertz CT molecular complexity index is 1050. The van der Waals surface area contributed by atoms with Gasteiger partial charge in [0.05, 0.1) is 16.3 Å². The van der Waals surface area contributed by atoms with Gasteiger partial charge in [-0.1, -0.05) is 41.4 Å². The highest BCUT2D eigenvalue weighted by atomic mass is 35.5. The normalized spacial score (nSPS) is 10.5. The van der Waals surface area contributed by atoms with Gasteiger partial charge >= 0.3 is 5.97 Å². The minimum atomic E-state index is -1.08. The lowest BCUT2D eigenvalue weighted by atomic mass is 10.1. The van der Waals surface area contributed by atoms with Gasteiger partial charge in [-0.25, -0.2) is 9.78 Å². The zero-order valence-corrected chi connectivity index (χ0v) is 15.7. The molecule has 0 unspecified atom stereocenters. The van der Waals surface area contributed by atoms with E-state index in [0.717, 1.165) is 11.1 Å². The Hall–Kier alpha value is -2.89. The number of carbonyl (C=O) groups is 2. The number of hydrogen-bond acceptors (Lipinski definition) is 3. The van der Waals surface area contributed by atoms with Crippen molar-refractivity contribution < 1.29 is 14.7 Å². The van der Waals surface area contributed by atoms with Gasteiger partial charge in [0.1, 0.15) is 5.69 Å². The number of carboxylic acid groups (broad SMARTS) is 1. The van der Waals surface area contributed by atoms with Crippen LogP contribution < -0.4 is 5.32 Å². The number of carbonyl (C=O) groups excluding carboxylic acids is 1. The molecule has 0 aliphatic rings. The first-order chi connectivity index (χ1) is 12.8. The predicted molar refractivity (Wildman–Crippen MR) is 106 cm³/mol. The molecule has 1 aromatic heterocycles. The fraction of sp³-hybridized carbons (Fsp3) is 0.0500. The van der Waals surface area contributed by atoms with Crippen molar-refractivity contribution in [3.63, 3.8) is 0 Å². The second-order valence-corrected chi connectivity index (χ2v) is 6.67. The number of anilines is 1. The van der Waals surface area contributed by atoms with Gasteiger partial charge in [-0.2, -0.15) is 0 Å². The van der Waals surface area contributed by atoms with E-state index in [1.54, 1.807) is 43.3 Å². The minimum absolute atomic E-state index is 0.0364. The summed E-state index contributed by atoms with van der Waals surface area (Å²) in [5, 5.41) is 12.5. The fourth-order valence-corrected chi connectivity index (χ4v) is 2.86. The number of carboxylic acids is 1. The number of hydrogen-bond donors (Lipinski definition) is 2. The fourth-order valence-electron chi connectivity index (χ4n) is 2.48. The first-order valence-electron chi connectivity index (χ1n) is 7.93. The molecular weight excluding hydrogens is 387 g/mol. The molecule has 0 fully saturated rings. The summed E-state index contributed by atoms with van der Waals surface area (Å²) < 4.78 is 0. The Balaban J connectivity index is 1.94. The van der Waals surface area contributed by atoms with E-state index in [0.29, 0.717) is 16.4 Å². The van der Waals surface area contributed by atoms with Crippen LogP contribution in [0.4, 0.5) is 5.69 Å². The topological polar surface area (TPSA) is 79.3 Å². The third-order valence-corrected chi connectivity index (χ3v) is 4.45. The van der Waals surface area contributed by atoms with E-state index >= 15 is 0 Å². The SMILES string of the molecule is Cc1ccc(C(=O)O)cc1NC(=O)c1nc(-c2cccc(Cl)c2)ccc1Cl. The Kier molecular flexibility index (Phi) is 5.44. The van der Waals surface area contributed by atoms with E-state index < -0.39 is 11.9 Å². The first-order valence-corrected chi connectivity index (χ1v) is 8.68. The van der Waals surface area contributed by atoms with Crippen LogP contribution in [-0.4, -0.2) is 22.0 Å². The number of amides is 1. The molecular formula is C20H14Cl2N2O3. The number of aromatic carboxylic acids is 1. The van der Waals surface area contributed by atoms with Gasteiger partial charge in [-0.3, -0.25) is 4.79 Å². The molecule has 3 rings (SSSR count). The summed E-state index contributed by atoms with van der Waals surface area (Å²) >= 11 is 12.2. The number of halogens is 2. The first kappa shape index (κ1) is 18.9. The van der Waals surface area contributed by atoms with Gasteiger partial charge in [-0.15, -0.1) is 0 Å². The minimum Gasteiger partial charge on any atom is -0.478 e. The molecule has 0 aliphatic heterocycles. The molecule has 2 aromatic carbocycles. The van der Waals surface area contributed by atoms with E-state index in [4.69, 9.17) is 28.3 Å². The van der Waals surface area contributed by atoms with Crippen molar-refractivity contribution in [3.8, 4) is 11.3 Å². The molecule has 2 N–H and O–H groups in total. The van der Waals surface area contributed by atoms with E-state index in [9.17, 15) is 9.59 Å². The van der Waals surface area contributed by atoms with Crippen LogP contribution in [0.1, 0.15) is 26.4 Å². The highest BCUT2D eigenvalue weighted by Crippen LogP contribution is 2.25. The van der Waals surface area contributed by atoms with Crippen molar-refractivity contribution in [2.75, 3.05) is 5.32 Å². The van der Waals surface area contributed by atoms with Gasteiger partial charge < -0.3 is 10.4 Å². The summed E-state index contributed by atoms with van der Waals surface area (Å²) in [6.45, 7) is 1.76. The van der Waals surface area contributed by atoms with Crippen LogP contribution in [0.15, 0.2) is 54.6 Å². The number of aromatic nitrogens is 1. The maximum atomic E-state index is 12.7. The summed E-state index contributed by atoms with van der Waals surface area (Å²) in [4.78, 5) is 28.2. The second kappa shape index (κ2) is 7.78. The van der Waals surface area contributed by atoms with E-state index in [-0.39, 0.29) is 16.3 Å². The maximum Gasteiger partial charge on any atom is 0.335 e. The van der Waals surface area contributed by atoms with Crippen molar-refractivity contribution >= 4 is 40.8 Å². The van der Waals surface area contributed by atoms with Crippen LogP contribution in [0, 0.1) is 6.92 Å². The van der Waals surface area contributed by atoms with Crippen LogP contribution in [0.2, 0.25) is 10.0 Å². The quantitative estimate of drug-likeness (QED) is 0.621. The molecule has 1 heterocycles. The molecule has 3 aromatic rings. The van der Waals surface area contributed by atoms with Crippen molar-refractivity contribution in [1.29, 1.82) is 0 Å². The highest BCUT2D eigenvalue weighted by molar-refractivity contribution is 6.34. The van der Waals surface area contributed by atoms with Crippen molar-refractivity contribution in [3.05, 3.63) is 81.5 Å². The molecule has 0 atom stereocenters. The summed E-state index contributed by atoms with van der Waals surface area (Å²) in [5.74, 6) is -1.61. The van der Waals surface area contributed by atoms with Gasteiger partial charge in [-0.05, 0) is 48.9 Å². The molecule has 1 amide bonds. The summed E-state index contributed by atoms with van der Waals surface area (Å²) in [6.07, 6.45) is 0. The molecule has 0 spiro atoms. The average molecular weight is 401 g/mol. The molecule has 0 saturated heterocycles. The molecule has 27 heavy (non-hydrogen) atoms. The number of nitrogens with one attached hydrogen (secondary N) is 1. The molecule has 5 nitrogen and oxygen atoms in total. The van der Waals surface area contributed by atoms with Crippen LogP contribution in [0.5, 0.6) is 0 Å². The van der Waals surface area contributed by atoms with E-state index in [2.05, 4.69) is 10.3 Å². The van der Waals surface area contributed by atoms with Crippen molar-refractivity contribution in [1.82, 2.24) is 4.98 Å². The molecule has 0 radical (unpaired) electrons. The Morgan fingerprint density at radius 2 is 1.81 bits per heavy atom. The molecule has 0 saturated carbocycles. The zero-order valence-electron chi connectivity index (χ0n) is 14.2. The van der Waals surface area contributed by atoms with Gasteiger partial charge in [0, 0.05) is 16.3 Å². The summed E-state index contributed by atoms with van der Waals surface area (Å²) in [7, 11) is 0. The number of aryl methyl sites for hydroxylation is 1. The third kappa shape index (κ3) is 4.27. The van der Waals surface area contributed by atoms with Crippen LogP contribution in [-0.2, 0) is 0 Å². The van der Waals surface area contributed by atoms with E-state index in [1.165, 1.54) is 12.1 Å². The predicted octanol–water partition coefficient (Wildman–Crippen LogP) is 5.31. The summed E-state index contributed by atoms with van der Waals surface area (Å²) in [5.41, 5.74) is 2.50. The number of pyridine rings is 1. The number of rotatable bonds is 4. The second-order valence-electron chi connectivity index (χ2n) is 5.83. The van der Waals surface area contributed by atoms with Crippen LogP contribution in [0.3, 0.4) is 0 Å². The Morgan fingerprint density at radius 3 is 2.52 bits per heavy atom. The zero-order chi connectivity index (χ0) is 19.6. The van der Waals surface area contributed by atoms with E-state index in [1.807, 2.05) is 6.07 Å². The molecule has 136 valence electrons. The Morgan fingerprint density at radius 1 is 1.04 bits per heavy atom. The Labute approximate surface area is 165 Å². The smallest absolute Gasteiger partial charge is 0.335 e. The molecule has 7 heteroatoms. The number of nitrogens with zero attached hydrogens (tertiary/aromatic N) is 1. The maximum absolute atomic E-state index is 12.7. The molecule has 0 aliphatic carbocycles. The largest absolute Gasteiger partial charge is 0.478 e. The lowest BCUT2D eigenvalue weighted by molar-refractivity contribution is 0.0696. The molecule has 0 bridgehead atoms. The van der Waals surface area contributed by atoms with Crippen molar-refractivity contribution in [2.45, 2.75) is 6.92 Å². The third-order valence-electron chi connectivity index (χ3n) is 3.91. The van der Waals surface area contributed by atoms with Crippen LogP contribution in [0.25, 0.3) is 11.3 Å². The summed E-state index contributed by atoms with van der Waals surface area (Å²) in [6, 6.07) is 14.9. The van der Waals surface area contributed by atoms with Gasteiger partial charge in [0.25, 0.3) is 5.91 Å². The lowest BCUT2D eigenvalue weighted by Crippen LogP contribution is -2.16. The van der Waals surface area contributed by atoms with Gasteiger partial charge in [0.2, 0.25) is 0 Å². The van der Waals surface area contributed by atoms with Crippen molar-refractivity contribution in [2.24, 2.45) is 0 Å². The van der Waals surface area contributed by atoms with Crippen LogP contribution >= 0.6 is 23.2 Å². The monoisotopic (exact) mass is 400 g/mol. The standard InChI is InChI=1S/C20H14Cl2N2O3/c1-11-5-6-13(20(26)27)10-17(11)24-19(25)18-15(22)7-8-16(23-18)12-3-2-4-14(21)9-12/h2-10H,1H3,(H,24,25)(H,26,27). The lowest BCUT2D eigenvalue weighted by Gasteiger charge is -2.11. The van der Waals surface area contributed by atoms with Gasteiger partial charge in [0.15, 0.2) is 0 Å². The average Bonchev–Trinajstić information content (AvgIpc) is 2.63.